The van der Waals surface area contributed by atoms with Crippen LogP contribution in [0.15, 0.2) is 35.1 Å². The molecule has 6 nitrogen and oxygen atoms in total. The second-order valence-corrected chi connectivity index (χ2v) is 7.83. The van der Waals surface area contributed by atoms with Crippen molar-refractivity contribution >= 4 is 34.0 Å². The zero-order valence-electron chi connectivity index (χ0n) is 17.0. The van der Waals surface area contributed by atoms with E-state index in [1.807, 2.05) is 0 Å². The van der Waals surface area contributed by atoms with E-state index >= 15 is 0 Å². The Bertz CT molecular complexity index is 1150. The summed E-state index contributed by atoms with van der Waals surface area (Å²) in [6, 6.07) is 1.98. The Morgan fingerprint density at radius 2 is 2.10 bits per heavy atom. The number of ether oxygens (including phenoxy) is 1. The zero-order chi connectivity index (χ0) is 22.1. The fourth-order valence-corrected chi connectivity index (χ4v) is 4.14. The molecule has 9 heteroatoms. The van der Waals surface area contributed by atoms with Gasteiger partial charge in [0.05, 0.1) is 16.7 Å². The molecule has 3 aromatic rings. The predicted molar refractivity (Wildman–Crippen MR) is 117 cm³/mol. The van der Waals surface area contributed by atoms with E-state index in [0.717, 1.165) is 54.7 Å². The lowest BCUT2D eigenvalue weighted by atomic mass is 9.99. The van der Waals surface area contributed by atoms with Crippen molar-refractivity contribution in [3.63, 3.8) is 0 Å². The third-order valence-corrected chi connectivity index (χ3v) is 5.85. The molecule has 1 aliphatic heterocycles. The van der Waals surface area contributed by atoms with Gasteiger partial charge in [-0.2, -0.15) is 0 Å². The van der Waals surface area contributed by atoms with Crippen LogP contribution in [-0.2, 0) is 0 Å². The van der Waals surface area contributed by atoms with Crippen molar-refractivity contribution in [1.82, 2.24) is 9.88 Å². The minimum Gasteiger partial charge on any atom is -0.478 e. The van der Waals surface area contributed by atoms with Crippen LogP contribution >= 0.6 is 11.6 Å². The molecule has 0 bridgehead atoms. The van der Waals surface area contributed by atoms with Crippen LogP contribution in [0.2, 0.25) is 5.02 Å². The Hall–Kier alpha value is -2.68. The van der Waals surface area contributed by atoms with Gasteiger partial charge in [0.1, 0.15) is 17.7 Å². The van der Waals surface area contributed by atoms with Gasteiger partial charge in [0.2, 0.25) is 5.75 Å². The molecule has 0 saturated carbocycles. The van der Waals surface area contributed by atoms with Crippen LogP contribution in [0.1, 0.15) is 30.6 Å². The summed E-state index contributed by atoms with van der Waals surface area (Å²) in [7, 11) is 0. The Labute approximate surface area is 183 Å². The van der Waals surface area contributed by atoms with Crippen molar-refractivity contribution in [2.75, 3.05) is 31.9 Å². The number of aromatic nitrogens is 1. The van der Waals surface area contributed by atoms with Crippen LogP contribution in [0.25, 0.3) is 16.5 Å². The fraction of sp³-hybridized carbons (Fsp3) is 0.318. The molecule has 0 spiro atoms. The lowest BCUT2D eigenvalue weighted by Gasteiger charge is -2.25. The average molecular weight is 449 g/mol. The van der Waals surface area contributed by atoms with Gasteiger partial charge in [-0.05, 0) is 31.1 Å². The Morgan fingerprint density at radius 3 is 2.81 bits per heavy atom. The first-order valence-electron chi connectivity index (χ1n) is 9.98. The number of hydrogen-bond donors (Lipinski definition) is 2. The van der Waals surface area contributed by atoms with Crippen LogP contribution < -0.4 is 16.2 Å². The first kappa shape index (κ1) is 21.5. The summed E-state index contributed by atoms with van der Waals surface area (Å²) in [6.07, 6.45) is 5.33. The van der Waals surface area contributed by atoms with Gasteiger partial charge < -0.3 is 20.6 Å². The summed E-state index contributed by atoms with van der Waals surface area (Å²) in [4.78, 5) is 6.50. The van der Waals surface area contributed by atoms with Crippen molar-refractivity contribution in [3.05, 3.63) is 58.5 Å². The average Bonchev–Trinajstić information content (AvgIpc) is 3.18. The van der Waals surface area contributed by atoms with E-state index in [9.17, 15) is 8.78 Å². The summed E-state index contributed by atoms with van der Waals surface area (Å²) in [5.41, 5.74) is 14.0. The molecule has 31 heavy (non-hydrogen) atoms. The number of halogens is 3. The smallest absolute Gasteiger partial charge is 0.205 e. The van der Waals surface area contributed by atoms with E-state index in [4.69, 9.17) is 32.2 Å². The van der Waals surface area contributed by atoms with E-state index in [1.54, 1.807) is 19.4 Å². The van der Waals surface area contributed by atoms with E-state index < -0.39 is 17.7 Å². The molecule has 4 rings (SSSR count). The van der Waals surface area contributed by atoms with Crippen LogP contribution in [0.5, 0.6) is 5.75 Å². The zero-order valence-corrected chi connectivity index (χ0v) is 17.8. The molecule has 4 N–H and O–H groups in total. The Balaban J connectivity index is 1.67. The number of furan rings is 1. The molecule has 0 aliphatic carbocycles. The van der Waals surface area contributed by atoms with Crippen LogP contribution in [-0.4, -0.2) is 36.1 Å². The third-order valence-electron chi connectivity index (χ3n) is 5.47. The number of rotatable bonds is 6. The highest BCUT2D eigenvalue weighted by molar-refractivity contribution is 6.31. The predicted octanol–water partition coefficient (Wildman–Crippen LogP) is 4.53. The minimum atomic E-state index is -0.926. The van der Waals surface area contributed by atoms with E-state index in [-0.39, 0.29) is 22.2 Å². The number of pyridine rings is 1. The molecule has 1 atom stereocenters. The number of hydrogen-bond acceptors (Lipinski definition) is 6. The van der Waals surface area contributed by atoms with Crippen LogP contribution in [0.3, 0.4) is 0 Å². The molecule has 164 valence electrons. The molecule has 1 aliphatic rings. The molecule has 0 unspecified atom stereocenters. The third kappa shape index (κ3) is 4.11. The number of benzene rings is 1. The summed E-state index contributed by atoms with van der Waals surface area (Å²) in [5, 5.41) is 0.404. The summed E-state index contributed by atoms with van der Waals surface area (Å²) >= 11 is 5.97. The maximum Gasteiger partial charge on any atom is 0.205 e. The monoisotopic (exact) mass is 448 g/mol. The fourth-order valence-electron chi connectivity index (χ4n) is 3.84. The van der Waals surface area contributed by atoms with Gasteiger partial charge in [0.15, 0.2) is 11.4 Å². The summed E-state index contributed by atoms with van der Waals surface area (Å²) < 4.78 is 39.8. The van der Waals surface area contributed by atoms with Gasteiger partial charge in [0.25, 0.3) is 0 Å². The quantitative estimate of drug-likeness (QED) is 0.538. The minimum absolute atomic E-state index is 0.0833. The number of anilines is 1. The van der Waals surface area contributed by atoms with Gasteiger partial charge in [0, 0.05) is 43.5 Å². The first-order chi connectivity index (χ1) is 14.9. The molecule has 0 saturated heterocycles. The molecular weight excluding hydrogens is 426 g/mol. The summed E-state index contributed by atoms with van der Waals surface area (Å²) in [5.74, 6) is -1.16. The Morgan fingerprint density at radius 1 is 1.32 bits per heavy atom. The largest absolute Gasteiger partial charge is 0.478 e. The van der Waals surface area contributed by atoms with E-state index in [1.165, 1.54) is 0 Å². The van der Waals surface area contributed by atoms with Gasteiger partial charge in [-0.25, -0.2) is 13.8 Å². The lowest BCUT2D eigenvalue weighted by molar-refractivity contribution is 0.221. The molecule has 2 aromatic heterocycles. The maximum absolute atomic E-state index is 14.3. The van der Waals surface area contributed by atoms with Crippen LogP contribution in [0, 0.1) is 11.6 Å². The van der Waals surface area contributed by atoms with E-state index in [0.29, 0.717) is 12.1 Å². The van der Waals surface area contributed by atoms with E-state index in [2.05, 4.69) is 16.0 Å². The molecule has 0 radical (unpaired) electrons. The van der Waals surface area contributed by atoms with Crippen molar-refractivity contribution < 1.29 is 17.9 Å². The Kier molecular flexibility index (Phi) is 6.13. The van der Waals surface area contributed by atoms with Gasteiger partial charge in [-0.1, -0.05) is 17.7 Å². The molecule has 3 heterocycles. The number of nitrogen functional groups attached to an aromatic ring is 1. The number of fused-ring (bicyclic) bond motifs is 1. The summed E-state index contributed by atoms with van der Waals surface area (Å²) in [6.45, 7) is 4.73. The SMILES string of the molecule is C[C@@H](Oc1c(N)ncc2c(C3=CCN(CCN)CC3)coc12)c1c(F)ccc(F)c1Cl. The normalized spacial score (nSPS) is 15.8. The second kappa shape index (κ2) is 8.82. The lowest BCUT2D eigenvalue weighted by Crippen LogP contribution is -2.33. The highest BCUT2D eigenvalue weighted by Gasteiger charge is 2.24. The van der Waals surface area contributed by atoms with Crippen LogP contribution in [0.4, 0.5) is 14.6 Å². The first-order valence-corrected chi connectivity index (χ1v) is 10.4. The van der Waals surface area contributed by atoms with Crippen molar-refractivity contribution in [3.8, 4) is 5.75 Å². The van der Waals surface area contributed by atoms with Gasteiger partial charge in [-0.3, -0.25) is 4.90 Å². The molecule has 0 amide bonds. The van der Waals surface area contributed by atoms with Crippen molar-refractivity contribution in [2.45, 2.75) is 19.4 Å². The standard InChI is InChI=1S/C22H23ClF2N4O2/c1-12(18-16(24)2-3-17(25)19(18)23)31-21-20-14(10-28-22(21)27)15(11-30-20)13-4-7-29(8-5-13)9-6-26/h2-4,10-12H,5-9,26H2,1H3,(H2,27,28)/t12-/m1/s1. The van der Waals surface area contributed by atoms with Crippen molar-refractivity contribution in [2.24, 2.45) is 5.73 Å². The molecular formula is C22H23ClF2N4O2. The number of nitrogens with zero attached hydrogens (tertiary/aromatic N) is 2. The maximum atomic E-state index is 14.3. The van der Waals surface area contributed by atoms with Crippen molar-refractivity contribution in [1.29, 1.82) is 0 Å². The second-order valence-electron chi connectivity index (χ2n) is 7.45. The molecule has 1 aromatic carbocycles. The number of nitrogens with two attached hydrogens (primary N) is 2. The molecule has 0 fully saturated rings. The highest BCUT2D eigenvalue weighted by atomic mass is 35.5. The topological polar surface area (TPSA) is 90.5 Å². The highest BCUT2D eigenvalue weighted by Crippen LogP contribution is 2.40. The van der Waals surface area contributed by atoms with Gasteiger partial charge in [-0.15, -0.1) is 0 Å². The van der Waals surface area contributed by atoms with Gasteiger partial charge >= 0.3 is 0 Å².